The summed E-state index contributed by atoms with van der Waals surface area (Å²) >= 11 is 6.09. The van der Waals surface area contributed by atoms with Crippen molar-refractivity contribution in [2.24, 2.45) is 0 Å². The SMILES string of the molecule is COc1ccc(N([C@H](C)C(=O)Nc2ccccc2)S(C)(=O)=O)cc1Cl. The maximum atomic E-state index is 12.5. The molecule has 0 saturated heterocycles. The zero-order valence-electron chi connectivity index (χ0n) is 14.1. The van der Waals surface area contributed by atoms with Crippen molar-refractivity contribution >= 4 is 38.9 Å². The molecule has 1 amide bonds. The summed E-state index contributed by atoms with van der Waals surface area (Å²) in [4.78, 5) is 12.5. The van der Waals surface area contributed by atoms with E-state index in [2.05, 4.69) is 5.32 Å². The Kier molecular flexibility index (Phi) is 5.92. The van der Waals surface area contributed by atoms with Gasteiger partial charge in [-0.15, -0.1) is 0 Å². The number of rotatable bonds is 6. The van der Waals surface area contributed by atoms with Gasteiger partial charge in [-0.1, -0.05) is 29.8 Å². The van der Waals surface area contributed by atoms with Crippen molar-refractivity contribution in [1.29, 1.82) is 0 Å². The first kappa shape index (κ1) is 19.1. The fraction of sp³-hybridized carbons (Fsp3) is 0.235. The Balaban J connectivity index is 2.34. The zero-order valence-corrected chi connectivity index (χ0v) is 15.6. The van der Waals surface area contributed by atoms with Gasteiger partial charge in [-0.05, 0) is 37.3 Å². The number of ether oxygens (including phenoxy) is 1. The van der Waals surface area contributed by atoms with E-state index >= 15 is 0 Å². The van der Waals surface area contributed by atoms with Crippen LogP contribution in [0.2, 0.25) is 5.02 Å². The van der Waals surface area contributed by atoms with E-state index in [-0.39, 0.29) is 10.7 Å². The molecule has 1 N–H and O–H groups in total. The summed E-state index contributed by atoms with van der Waals surface area (Å²) in [6.07, 6.45) is 1.04. The van der Waals surface area contributed by atoms with Crippen molar-refractivity contribution < 1.29 is 17.9 Å². The summed E-state index contributed by atoms with van der Waals surface area (Å²) < 4.78 is 30.6. The topological polar surface area (TPSA) is 75.7 Å². The minimum absolute atomic E-state index is 0.254. The Morgan fingerprint density at radius 1 is 1.20 bits per heavy atom. The average Bonchev–Trinajstić information content (AvgIpc) is 2.54. The number of hydrogen-bond donors (Lipinski definition) is 1. The van der Waals surface area contributed by atoms with E-state index in [1.165, 1.54) is 26.2 Å². The summed E-state index contributed by atoms with van der Waals surface area (Å²) in [6, 6.07) is 12.4. The average molecular weight is 383 g/mol. The van der Waals surface area contributed by atoms with Gasteiger partial charge in [0.05, 0.1) is 24.1 Å². The predicted octanol–water partition coefficient (Wildman–Crippen LogP) is 3.14. The molecule has 0 bridgehead atoms. The number of halogens is 1. The van der Waals surface area contributed by atoms with Gasteiger partial charge in [-0.3, -0.25) is 9.10 Å². The number of sulfonamides is 1. The van der Waals surface area contributed by atoms with Gasteiger partial charge < -0.3 is 10.1 Å². The standard InChI is InChI=1S/C17H19ClN2O4S/c1-12(17(21)19-13-7-5-4-6-8-13)20(25(3,22)23)14-9-10-16(24-2)15(18)11-14/h4-12H,1-3H3,(H,19,21)/t12-/m1/s1. The summed E-state index contributed by atoms with van der Waals surface area (Å²) in [5.41, 5.74) is 0.865. The van der Waals surface area contributed by atoms with Crippen molar-refractivity contribution in [2.45, 2.75) is 13.0 Å². The molecule has 0 aliphatic heterocycles. The monoisotopic (exact) mass is 382 g/mol. The zero-order chi connectivity index (χ0) is 18.6. The maximum absolute atomic E-state index is 12.5. The third kappa shape index (κ3) is 4.64. The van der Waals surface area contributed by atoms with E-state index in [0.717, 1.165) is 10.6 Å². The van der Waals surface area contributed by atoms with Crippen LogP contribution >= 0.6 is 11.6 Å². The molecule has 2 rings (SSSR count). The molecular formula is C17H19ClN2O4S. The second-order valence-electron chi connectivity index (χ2n) is 5.41. The van der Waals surface area contributed by atoms with Crippen LogP contribution in [-0.2, 0) is 14.8 Å². The predicted molar refractivity (Wildman–Crippen MR) is 99.9 cm³/mol. The Morgan fingerprint density at radius 2 is 1.84 bits per heavy atom. The number of hydrogen-bond acceptors (Lipinski definition) is 4. The van der Waals surface area contributed by atoms with Crippen LogP contribution in [0.4, 0.5) is 11.4 Å². The third-order valence-corrected chi connectivity index (χ3v) is 5.06. The van der Waals surface area contributed by atoms with Crippen LogP contribution in [0.5, 0.6) is 5.75 Å². The first-order valence-electron chi connectivity index (χ1n) is 7.43. The lowest BCUT2D eigenvalue weighted by molar-refractivity contribution is -0.116. The minimum atomic E-state index is -3.72. The third-order valence-electron chi connectivity index (χ3n) is 3.52. The van der Waals surface area contributed by atoms with Crippen LogP contribution in [0.1, 0.15) is 6.92 Å². The largest absolute Gasteiger partial charge is 0.495 e. The molecule has 0 aromatic heterocycles. The Morgan fingerprint density at radius 3 is 2.36 bits per heavy atom. The number of anilines is 2. The highest BCUT2D eigenvalue weighted by molar-refractivity contribution is 7.92. The number of amides is 1. The Bertz CT molecular complexity index is 856. The van der Waals surface area contributed by atoms with Gasteiger partial charge in [0.1, 0.15) is 11.8 Å². The molecular weight excluding hydrogens is 364 g/mol. The van der Waals surface area contributed by atoms with Crippen LogP contribution in [0.25, 0.3) is 0 Å². The second-order valence-corrected chi connectivity index (χ2v) is 7.68. The number of nitrogens with one attached hydrogen (secondary N) is 1. The van der Waals surface area contributed by atoms with E-state index in [1.807, 2.05) is 6.07 Å². The normalized spacial score (nSPS) is 12.3. The molecule has 0 spiro atoms. The van der Waals surface area contributed by atoms with Crippen LogP contribution < -0.4 is 14.4 Å². The molecule has 6 nitrogen and oxygen atoms in total. The smallest absolute Gasteiger partial charge is 0.247 e. The summed E-state index contributed by atoms with van der Waals surface area (Å²) in [6.45, 7) is 1.51. The van der Waals surface area contributed by atoms with Crippen LogP contribution in [0.3, 0.4) is 0 Å². The quantitative estimate of drug-likeness (QED) is 0.832. The van der Waals surface area contributed by atoms with Crippen molar-refractivity contribution in [3.05, 3.63) is 53.6 Å². The van der Waals surface area contributed by atoms with Crippen LogP contribution in [0.15, 0.2) is 48.5 Å². The van der Waals surface area contributed by atoms with Gasteiger partial charge in [0, 0.05) is 5.69 Å². The fourth-order valence-electron chi connectivity index (χ4n) is 2.37. The molecule has 0 heterocycles. The molecule has 0 aliphatic rings. The van der Waals surface area contributed by atoms with Gasteiger partial charge in [-0.2, -0.15) is 0 Å². The van der Waals surface area contributed by atoms with Crippen molar-refractivity contribution in [3.63, 3.8) is 0 Å². The number of para-hydroxylation sites is 1. The van der Waals surface area contributed by atoms with Crippen LogP contribution in [-0.4, -0.2) is 33.7 Å². The van der Waals surface area contributed by atoms with E-state index in [0.29, 0.717) is 11.4 Å². The molecule has 0 aliphatic carbocycles. The molecule has 25 heavy (non-hydrogen) atoms. The second kappa shape index (κ2) is 7.76. The van der Waals surface area contributed by atoms with E-state index in [1.54, 1.807) is 30.3 Å². The number of carbonyl (C=O) groups is 1. The van der Waals surface area contributed by atoms with Gasteiger partial charge in [-0.25, -0.2) is 8.42 Å². The van der Waals surface area contributed by atoms with E-state index < -0.39 is 22.0 Å². The lowest BCUT2D eigenvalue weighted by Crippen LogP contribution is -2.45. The number of carbonyl (C=O) groups excluding carboxylic acids is 1. The van der Waals surface area contributed by atoms with Crippen molar-refractivity contribution in [1.82, 2.24) is 0 Å². The number of methoxy groups -OCH3 is 1. The van der Waals surface area contributed by atoms with Crippen molar-refractivity contribution in [3.8, 4) is 5.75 Å². The lowest BCUT2D eigenvalue weighted by atomic mass is 10.2. The van der Waals surface area contributed by atoms with E-state index in [9.17, 15) is 13.2 Å². The highest BCUT2D eigenvalue weighted by Crippen LogP contribution is 2.31. The molecule has 134 valence electrons. The molecule has 2 aromatic carbocycles. The molecule has 0 saturated carbocycles. The highest BCUT2D eigenvalue weighted by Gasteiger charge is 2.29. The molecule has 0 fully saturated rings. The highest BCUT2D eigenvalue weighted by atomic mass is 35.5. The maximum Gasteiger partial charge on any atom is 0.247 e. The van der Waals surface area contributed by atoms with Gasteiger partial charge in [0.15, 0.2) is 0 Å². The van der Waals surface area contributed by atoms with Gasteiger partial charge in [0.2, 0.25) is 15.9 Å². The molecule has 0 radical (unpaired) electrons. The number of nitrogens with zero attached hydrogens (tertiary/aromatic N) is 1. The Labute approximate surface area is 152 Å². The lowest BCUT2D eigenvalue weighted by Gasteiger charge is -2.28. The molecule has 1 atom stereocenters. The van der Waals surface area contributed by atoms with Crippen molar-refractivity contribution in [2.75, 3.05) is 23.0 Å². The van der Waals surface area contributed by atoms with E-state index in [4.69, 9.17) is 16.3 Å². The molecule has 8 heteroatoms. The first-order valence-corrected chi connectivity index (χ1v) is 9.65. The van der Waals surface area contributed by atoms with Gasteiger partial charge in [0.25, 0.3) is 0 Å². The molecule has 0 unspecified atom stereocenters. The summed E-state index contributed by atoms with van der Waals surface area (Å²) in [5, 5.41) is 2.95. The van der Waals surface area contributed by atoms with Crippen LogP contribution in [0, 0.1) is 0 Å². The summed E-state index contributed by atoms with van der Waals surface area (Å²) in [7, 11) is -2.25. The summed E-state index contributed by atoms with van der Waals surface area (Å²) in [5.74, 6) is -0.0381. The first-order chi connectivity index (χ1) is 11.7. The minimum Gasteiger partial charge on any atom is -0.495 e. The van der Waals surface area contributed by atoms with Gasteiger partial charge >= 0.3 is 0 Å². The Hall–Kier alpha value is -2.25. The fourth-order valence-corrected chi connectivity index (χ4v) is 3.79. The number of benzene rings is 2. The molecule has 2 aromatic rings.